The molecule has 1 aromatic heterocycles. The highest BCUT2D eigenvalue weighted by Crippen LogP contribution is 2.36. The Bertz CT molecular complexity index is 1050. The van der Waals surface area contributed by atoms with Crippen LogP contribution in [-0.4, -0.2) is 36.4 Å². The van der Waals surface area contributed by atoms with Crippen LogP contribution in [-0.2, 0) is 0 Å². The van der Waals surface area contributed by atoms with E-state index in [2.05, 4.69) is 20.6 Å². The zero-order valence-electron chi connectivity index (χ0n) is 15.7. The van der Waals surface area contributed by atoms with Crippen LogP contribution in [0.3, 0.4) is 0 Å². The summed E-state index contributed by atoms with van der Waals surface area (Å²) in [5.74, 6) is 2.40. The van der Waals surface area contributed by atoms with Gasteiger partial charge in [0.15, 0.2) is 11.5 Å². The number of methoxy groups -OCH3 is 2. The Labute approximate surface area is 162 Å². The van der Waals surface area contributed by atoms with Gasteiger partial charge in [0.2, 0.25) is 5.95 Å². The number of aromatic nitrogens is 2. The van der Waals surface area contributed by atoms with Gasteiger partial charge in [-0.2, -0.15) is 4.98 Å². The standard InChI is InChI=1S/C20H22N6O2/c1-27-17-8-14-16(9-18(17)28-2)25-20(24-12-3-4-12)26-19(14)23-13-5-6-15(22)11(7-13)10-21/h5-10,12,21H,3-4,22H2,1-2H3,(H2,23,24,25,26). The Morgan fingerprint density at radius 2 is 1.86 bits per heavy atom. The molecule has 8 nitrogen and oxygen atoms in total. The van der Waals surface area contributed by atoms with Crippen molar-refractivity contribution < 1.29 is 9.47 Å². The molecule has 2 aromatic carbocycles. The summed E-state index contributed by atoms with van der Waals surface area (Å²) in [5.41, 5.74) is 8.60. The Morgan fingerprint density at radius 1 is 1.11 bits per heavy atom. The number of hydrogen-bond acceptors (Lipinski definition) is 8. The third-order valence-corrected chi connectivity index (χ3v) is 4.62. The van der Waals surface area contributed by atoms with Gasteiger partial charge < -0.3 is 31.3 Å². The van der Waals surface area contributed by atoms with Gasteiger partial charge in [-0.15, -0.1) is 0 Å². The van der Waals surface area contributed by atoms with E-state index in [1.807, 2.05) is 24.3 Å². The summed E-state index contributed by atoms with van der Waals surface area (Å²) in [5, 5.41) is 15.0. The lowest BCUT2D eigenvalue weighted by atomic mass is 10.1. The van der Waals surface area contributed by atoms with Crippen LogP contribution < -0.4 is 25.8 Å². The molecular formula is C20H22N6O2. The third-order valence-electron chi connectivity index (χ3n) is 4.62. The maximum atomic E-state index is 7.51. The van der Waals surface area contributed by atoms with Gasteiger partial charge in [0.1, 0.15) is 5.82 Å². The van der Waals surface area contributed by atoms with E-state index in [9.17, 15) is 0 Å². The Kier molecular flexibility index (Phi) is 4.60. The van der Waals surface area contributed by atoms with E-state index < -0.39 is 0 Å². The minimum atomic E-state index is 0.423. The lowest BCUT2D eigenvalue weighted by Crippen LogP contribution is -2.08. The summed E-state index contributed by atoms with van der Waals surface area (Å²) >= 11 is 0. The zero-order valence-corrected chi connectivity index (χ0v) is 15.7. The number of nitrogens with one attached hydrogen (secondary N) is 3. The molecule has 1 saturated carbocycles. The van der Waals surface area contributed by atoms with Crippen molar-refractivity contribution >= 4 is 40.3 Å². The molecule has 1 aliphatic carbocycles. The van der Waals surface area contributed by atoms with Crippen LogP contribution in [0.1, 0.15) is 18.4 Å². The van der Waals surface area contributed by atoms with E-state index in [0.717, 1.165) is 29.4 Å². The highest BCUT2D eigenvalue weighted by atomic mass is 16.5. The smallest absolute Gasteiger partial charge is 0.225 e. The van der Waals surface area contributed by atoms with E-state index in [0.29, 0.717) is 40.6 Å². The second-order valence-corrected chi connectivity index (χ2v) is 6.65. The number of ether oxygens (including phenoxy) is 2. The first-order chi connectivity index (χ1) is 13.6. The van der Waals surface area contributed by atoms with Crippen molar-refractivity contribution in [1.29, 1.82) is 5.41 Å². The lowest BCUT2D eigenvalue weighted by molar-refractivity contribution is 0.356. The van der Waals surface area contributed by atoms with Gasteiger partial charge in [-0.1, -0.05) is 0 Å². The second kappa shape index (κ2) is 7.22. The maximum Gasteiger partial charge on any atom is 0.225 e. The summed E-state index contributed by atoms with van der Waals surface area (Å²) < 4.78 is 10.9. The lowest BCUT2D eigenvalue weighted by Gasteiger charge is -2.15. The quantitative estimate of drug-likeness (QED) is 0.367. The molecule has 0 atom stereocenters. The van der Waals surface area contributed by atoms with Gasteiger partial charge in [-0.3, -0.25) is 0 Å². The van der Waals surface area contributed by atoms with Crippen LogP contribution in [0.2, 0.25) is 0 Å². The molecule has 1 fully saturated rings. The molecule has 0 unspecified atom stereocenters. The van der Waals surface area contributed by atoms with Crippen molar-refractivity contribution in [2.45, 2.75) is 18.9 Å². The topological polar surface area (TPSA) is 118 Å². The highest BCUT2D eigenvalue weighted by molar-refractivity contribution is 5.95. The van der Waals surface area contributed by atoms with Crippen molar-refractivity contribution in [2.24, 2.45) is 0 Å². The van der Waals surface area contributed by atoms with Gasteiger partial charge in [-0.25, -0.2) is 4.98 Å². The Balaban J connectivity index is 1.82. The number of nitrogens with two attached hydrogens (primary N) is 1. The molecule has 144 valence electrons. The molecule has 0 spiro atoms. The molecule has 4 rings (SSSR count). The van der Waals surface area contributed by atoms with Gasteiger partial charge in [-0.05, 0) is 37.1 Å². The SMILES string of the molecule is COc1cc2nc(NC3CC3)nc(Nc3ccc(N)c(C=N)c3)c2cc1OC. The highest BCUT2D eigenvalue weighted by Gasteiger charge is 2.23. The van der Waals surface area contributed by atoms with Crippen LogP contribution in [0.5, 0.6) is 11.5 Å². The molecule has 0 radical (unpaired) electrons. The minimum absolute atomic E-state index is 0.423. The number of fused-ring (bicyclic) bond motifs is 1. The largest absolute Gasteiger partial charge is 0.493 e. The molecule has 0 bridgehead atoms. The fraction of sp³-hybridized carbons (Fsp3) is 0.250. The van der Waals surface area contributed by atoms with Gasteiger partial charge in [0.05, 0.1) is 19.7 Å². The van der Waals surface area contributed by atoms with Crippen molar-refractivity contribution in [3.05, 3.63) is 35.9 Å². The summed E-state index contributed by atoms with van der Waals surface area (Å²) in [6.07, 6.45) is 3.47. The second-order valence-electron chi connectivity index (χ2n) is 6.65. The number of benzene rings is 2. The van der Waals surface area contributed by atoms with Gasteiger partial charge >= 0.3 is 0 Å². The average molecular weight is 378 g/mol. The number of hydrogen-bond donors (Lipinski definition) is 4. The van der Waals surface area contributed by atoms with E-state index in [1.54, 1.807) is 20.3 Å². The molecule has 1 aliphatic rings. The van der Waals surface area contributed by atoms with E-state index in [1.165, 1.54) is 6.21 Å². The Morgan fingerprint density at radius 3 is 2.54 bits per heavy atom. The van der Waals surface area contributed by atoms with Crippen LogP contribution >= 0.6 is 0 Å². The summed E-state index contributed by atoms with van der Waals surface area (Å²) in [6, 6.07) is 9.54. The molecule has 1 heterocycles. The molecule has 0 saturated heterocycles. The number of rotatable bonds is 7. The van der Waals surface area contributed by atoms with Crippen LogP contribution in [0.4, 0.5) is 23.1 Å². The van der Waals surface area contributed by atoms with E-state index >= 15 is 0 Å². The molecule has 0 aliphatic heterocycles. The predicted molar refractivity (Wildman–Crippen MR) is 111 cm³/mol. The molecule has 5 N–H and O–H groups in total. The van der Waals surface area contributed by atoms with Crippen LogP contribution in [0.25, 0.3) is 10.9 Å². The summed E-state index contributed by atoms with van der Waals surface area (Å²) in [4.78, 5) is 9.30. The normalized spacial score (nSPS) is 13.2. The molecular weight excluding hydrogens is 356 g/mol. The van der Waals surface area contributed by atoms with Crippen molar-refractivity contribution in [3.63, 3.8) is 0 Å². The number of nitrogens with zero attached hydrogens (tertiary/aromatic N) is 2. The van der Waals surface area contributed by atoms with Crippen LogP contribution in [0, 0.1) is 5.41 Å². The average Bonchev–Trinajstić information content (AvgIpc) is 3.52. The Hall–Kier alpha value is -3.55. The molecule has 8 heteroatoms. The molecule has 0 amide bonds. The van der Waals surface area contributed by atoms with Gasteiger partial charge in [0.25, 0.3) is 0 Å². The van der Waals surface area contributed by atoms with Crippen molar-refractivity contribution in [1.82, 2.24) is 9.97 Å². The predicted octanol–water partition coefficient (Wildman–Crippen LogP) is 3.54. The van der Waals surface area contributed by atoms with Crippen molar-refractivity contribution in [3.8, 4) is 11.5 Å². The van der Waals surface area contributed by atoms with Crippen molar-refractivity contribution in [2.75, 3.05) is 30.6 Å². The third kappa shape index (κ3) is 3.48. The fourth-order valence-corrected chi connectivity index (χ4v) is 2.94. The van der Waals surface area contributed by atoms with Gasteiger partial charge in [0, 0.05) is 40.6 Å². The zero-order chi connectivity index (χ0) is 19.7. The van der Waals surface area contributed by atoms with E-state index in [-0.39, 0.29) is 0 Å². The number of anilines is 4. The molecule has 28 heavy (non-hydrogen) atoms. The summed E-state index contributed by atoms with van der Waals surface area (Å²) in [7, 11) is 3.19. The van der Waals surface area contributed by atoms with E-state index in [4.69, 9.17) is 20.6 Å². The monoisotopic (exact) mass is 378 g/mol. The minimum Gasteiger partial charge on any atom is -0.493 e. The summed E-state index contributed by atoms with van der Waals surface area (Å²) in [6.45, 7) is 0. The molecule has 3 aromatic rings. The first-order valence-electron chi connectivity index (χ1n) is 8.98. The first kappa shape index (κ1) is 17.8. The number of nitrogen functional groups attached to an aromatic ring is 1. The first-order valence-corrected chi connectivity index (χ1v) is 8.98. The van der Waals surface area contributed by atoms with Crippen LogP contribution in [0.15, 0.2) is 30.3 Å². The maximum absolute atomic E-state index is 7.51. The fourth-order valence-electron chi connectivity index (χ4n) is 2.94.